The zero-order chi connectivity index (χ0) is 17.7. The Balaban J connectivity index is 2.05. The Morgan fingerprint density at radius 1 is 1.00 bits per heavy atom. The smallest absolute Gasteiger partial charge is 0.400 e. The molecule has 0 N–H and O–H groups in total. The lowest BCUT2D eigenvalue weighted by Crippen LogP contribution is -2.37. The maximum absolute atomic E-state index is 14.3. The molecule has 0 heterocycles. The Hall–Kier alpha value is -1.46. The predicted molar refractivity (Wildman–Crippen MR) is 83.5 cm³/mol. The molecule has 0 atom stereocenters. The van der Waals surface area contributed by atoms with E-state index < -0.39 is 29.4 Å². The average Bonchev–Trinajstić information content (AvgIpc) is 2.55. The normalized spacial score (nSPS) is 21.6. The number of benzene rings is 1. The molecule has 1 saturated carbocycles. The van der Waals surface area contributed by atoms with Crippen LogP contribution in [-0.4, -0.2) is 12.7 Å². The lowest BCUT2D eigenvalue weighted by atomic mass is 9.79. The van der Waals surface area contributed by atoms with Gasteiger partial charge in [0.25, 0.3) is 0 Å². The first kappa shape index (κ1) is 18.9. The van der Waals surface area contributed by atoms with Gasteiger partial charge in [0, 0.05) is 0 Å². The number of halogens is 4. The molecule has 1 fully saturated rings. The second-order valence-electron chi connectivity index (χ2n) is 6.29. The first-order valence-corrected chi connectivity index (χ1v) is 8.56. The third kappa shape index (κ3) is 4.33. The summed E-state index contributed by atoms with van der Waals surface area (Å²) in [6.07, 6.45) is 0.668. The van der Waals surface area contributed by atoms with E-state index in [1.807, 2.05) is 0 Å². The Morgan fingerprint density at radius 3 is 2.17 bits per heavy atom. The van der Waals surface area contributed by atoms with Crippen molar-refractivity contribution in [2.45, 2.75) is 58.5 Å². The van der Waals surface area contributed by atoms with E-state index >= 15 is 0 Å². The van der Waals surface area contributed by atoms with Crippen molar-refractivity contribution in [1.29, 1.82) is 0 Å². The van der Waals surface area contributed by atoms with Gasteiger partial charge in [-0.3, -0.25) is 0 Å². The van der Waals surface area contributed by atoms with Gasteiger partial charge < -0.3 is 9.47 Å². The number of hydrogen-bond donors (Lipinski definition) is 0. The van der Waals surface area contributed by atoms with Gasteiger partial charge in [0.05, 0.1) is 12.5 Å². The molecule has 6 heteroatoms. The highest BCUT2D eigenvalue weighted by Gasteiger charge is 2.44. The van der Waals surface area contributed by atoms with Gasteiger partial charge in [0.15, 0.2) is 11.5 Å². The van der Waals surface area contributed by atoms with Gasteiger partial charge in [-0.1, -0.05) is 19.8 Å². The van der Waals surface area contributed by atoms with Gasteiger partial charge in [-0.25, -0.2) is 0 Å². The molecule has 2 rings (SSSR count). The van der Waals surface area contributed by atoms with E-state index in [2.05, 4.69) is 11.7 Å². The lowest BCUT2D eigenvalue weighted by molar-refractivity contribution is -0.224. The highest BCUT2D eigenvalue weighted by molar-refractivity contribution is 5.35. The van der Waals surface area contributed by atoms with Crippen LogP contribution in [0.15, 0.2) is 12.1 Å². The van der Waals surface area contributed by atoms with Crippen LogP contribution in [0.3, 0.4) is 0 Å². The lowest BCUT2D eigenvalue weighted by Gasteiger charge is -2.33. The molecule has 1 aliphatic rings. The molecule has 0 saturated heterocycles. The maximum atomic E-state index is 14.3. The maximum Gasteiger partial charge on any atom is 0.400 e. The summed E-state index contributed by atoms with van der Waals surface area (Å²) in [4.78, 5) is 0. The summed E-state index contributed by atoms with van der Waals surface area (Å²) in [5.74, 6) is -4.35. The van der Waals surface area contributed by atoms with E-state index in [4.69, 9.17) is 4.74 Å². The molecule has 1 aromatic rings. The average molecular weight is 348 g/mol. The Labute approximate surface area is 140 Å². The zero-order valence-electron chi connectivity index (χ0n) is 14.1. The number of rotatable bonds is 7. The first-order chi connectivity index (χ1) is 11.4. The number of alkyl halides is 2. The van der Waals surface area contributed by atoms with Gasteiger partial charge in [-0.2, -0.15) is 17.6 Å². The van der Waals surface area contributed by atoms with Crippen molar-refractivity contribution < 1.29 is 27.0 Å². The topological polar surface area (TPSA) is 18.5 Å². The molecule has 0 aliphatic heterocycles. The summed E-state index contributed by atoms with van der Waals surface area (Å²) < 4.78 is 65.8. The summed E-state index contributed by atoms with van der Waals surface area (Å²) >= 11 is 0. The van der Waals surface area contributed by atoms with E-state index in [0.717, 1.165) is 37.8 Å². The SMILES string of the molecule is CCCC1CCC(C(F)(F)Oc2ccc(OCC)c(F)c2F)CC1. The molecule has 0 radical (unpaired) electrons. The predicted octanol–water partition coefficient (Wildman–Crippen LogP) is 5.94. The number of ether oxygens (including phenoxy) is 2. The largest absolute Gasteiger partial charge is 0.491 e. The van der Waals surface area contributed by atoms with Crippen molar-refractivity contribution in [2.75, 3.05) is 6.61 Å². The van der Waals surface area contributed by atoms with Crippen molar-refractivity contribution in [3.63, 3.8) is 0 Å². The second kappa shape index (κ2) is 8.08. The van der Waals surface area contributed by atoms with Gasteiger partial charge in [-0.05, 0) is 50.7 Å². The van der Waals surface area contributed by atoms with E-state index in [1.54, 1.807) is 6.92 Å². The zero-order valence-corrected chi connectivity index (χ0v) is 14.1. The van der Waals surface area contributed by atoms with Gasteiger partial charge >= 0.3 is 6.11 Å². The monoisotopic (exact) mass is 348 g/mol. The van der Waals surface area contributed by atoms with E-state index in [-0.39, 0.29) is 12.4 Å². The van der Waals surface area contributed by atoms with Crippen molar-refractivity contribution in [3.8, 4) is 11.5 Å². The van der Waals surface area contributed by atoms with Crippen LogP contribution >= 0.6 is 0 Å². The quantitative estimate of drug-likeness (QED) is 0.568. The molecule has 0 bridgehead atoms. The van der Waals surface area contributed by atoms with E-state index in [1.165, 1.54) is 0 Å². The fraction of sp³-hybridized carbons (Fsp3) is 0.667. The van der Waals surface area contributed by atoms with Crippen molar-refractivity contribution in [3.05, 3.63) is 23.8 Å². The first-order valence-electron chi connectivity index (χ1n) is 8.56. The van der Waals surface area contributed by atoms with E-state index in [0.29, 0.717) is 18.8 Å². The summed E-state index contributed by atoms with van der Waals surface area (Å²) in [5.41, 5.74) is 0. The fourth-order valence-electron chi connectivity index (χ4n) is 3.29. The Bertz CT molecular complexity index is 540. The molecule has 0 unspecified atom stereocenters. The van der Waals surface area contributed by atoms with Crippen molar-refractivity contribution in [1.82, 2.24) is 0 Å². The summed E-state index contributed by atoms with van der Waals surface area (Å²) in [6, 6.07) is 2.09. The minimum atomic E-state index is -3.52. The molecule has 136 valence electrons. The molecule has 0 spiro atoms. The van der Waals surface area contributed by atoms with Crippen LogP contribution in [-0.2, 0) is 0 Å². The second-order valence-corrected chi connectivity index (χ2v) is 6.29. The van der Waals surface area contributed by atoms with Crippen LogP contribution in [0.4, 0.5) is 17.6 Å². The van der Waals surface area contributed by atoms with Gasteiger partial charge in [0.2, 0.25) is 11.6 Å². The summed E-state index contributed by atoms with van der Waals surface area (Å²) in [7, 11) is 0. The molecular formula is C18H24F4O2. The Morgan fingerprint density at radius 2 is 1.58 bits per heavy atom. The van der Waals surface area contributed by atoms with Crippen LogP contribution in [0, 0.1) is 23.5 Å². The highest BCUT2D eigenvalue weighted by atomic mass is 19.3. The van der Waals surface area contributed by atoms with Crippen molar-refractivity contribution in [2.24, 2.45) is 11.8 Å². The molecule has 0 aromatic heterocycles. The standard InChI is InChI=1S/C18H24F4O2/c1-3-5-12-6-8-13(9-7-12)18(21,22)24-15-11-10-14(23-4-2)16(19)17(15)20/h10-13H,3-9H2,1-2H3. The van der Waals surface area contributed by atoms with Crippen LogP contribution in [0.5, 0.6) is 11.5 Å². The summed E-state index contributed by atoms with van der Waals surface area (Å²) in [6.45, 7) is 3.84. The highest BCUT2D eigenvalue weighted by Crippen LogP contribution is 2.42. The van der Waals surface area contributed by atoms with Gasteiger partial charge in [-0.15, -0.1) is 0 Å². The van der Waals surface area contributed by atoms with Crippen LogP contribution in [0.2, 0.25) is 0 Å². The minimum Gasteiger partial charge on any atom is -0.491 e. The third-order valence-corrected chi connectivity index (χ3v) is 4.58. The Kier molecular flexibility index (Phi) is 6.35. The molecule has 0 amide bonds. The van der Waals surface area contributed by atoms with Gasteiger partial charge in [0.1, 0.15) is 0 Å². The van der Waals surface area contributed by atoms with Crippen LogP contribution in [0.25, 0.3) is 0 Å². The minimum absolute atomic E-state index is 0.147. The molecule has 1 aliphatic carbocycles. The molecule has 24 heavy (non-hydrogen) atoms. The van der Waals surface area contributed by atoms with E-state index in [9.17, 15) is 17.6 Å². The molecule has 1 aromatic carbocycles. The molecular weight excluding hydrogens is 324 g/mol. The molecule has 2 nitrogen and oxygen atoms in total. The van der Waals surface area contributed by atoms with Crippen molar-refractivity contribution >= 4 is 0 Å². The van der Waals surface area contributed by atoms with Crippen LogP contribution < -0.4 is 9.47 Å². The number of hydrogen-bond acceptors (Lipinski definition) is 2. The summed E-state index contributed by atoms with van der Waals surface area (Å²) in [5, 5.41) is 0. The third-order valence-electron chi connectivity index (χ3n) is 4.58. The van der Waals surface area contributed by atoms with Crippen LogP contribution in [0.1, 0.15) is 52.4 Å². The fourth-order valence-corrected chi connectivity index (χ4v) is 3.29.